The number of amides is 1. The van der Waals surface area contributed by atoms with E-state index < -0.39 is 9.84 Å². The van der Waals surface area contributed by atoms with E-state index in [9.17, 15) is 13.2 Å². The van der Waals surface area contributed by atoms with E-state index in [2.05, 4.69) is 9.80 Å². The second-order valence-corrected chi connectivity index (χ2v) is 11.2. The Labute approximate surface area is 145 Å². The summed E-state index contributed by atoms with van der Waals surface area (Å²) < 4.78 is 22.6. The molecule has 24 heavy (non-hydrogen) atoms. The van der Waals surface area contributed by atoms with Gasteiger partial charge >= 0.3 is 0 Å². The zero-order chi connectivity index (χ0) is 16.9. The van der Waals surface area contributed by atoms with Gasteiger partial charge in [0.05, 0.1) is 11.2 Å². The average molecular weight is 355 g/mol. The standard InChI is InChI=1S/C18H30N2O3S/c1-24(22,23)7-6-19-2-4-20(5-3-19)17(21)18-11-14-8-15(12-18)10-16(9-14)13-18/h14-16H,2-13H2,1H3. The number of carbonyl (C=O) groups is 1. The van der Waals surface area contributed by atoms with Gasteiger partial charge in [-0.25, -0.2) is 8.42 Å². The molecule has 136 valence electrons. The summed E-state index contributed by atoms with van der Waals surface area (Å²) >= 11 is 0. The Kier molecular flexibility index (Phi) is 4.19. The monoisotopic (exact) mass is 354 g/mol. The molecule has 5 fully saturated rings. The highest BCUT2D eigenvalue weighted by Gasteiger charge is 2.55. The van der Waals surface area contributed by atoms with Crippen LogP contribution in [0, 0.1) is 23.2 Å². The lowest BCUT2D eigenvalue weighted by molar-refractivity contribution is -0.159. The fourth-order valence-electron chi connectivity index (χ4n) is 6.18. The Morgan fingerprint density at radius 1 is 0.958 bits per heavy atom. The summed E-state index contributed by atoms with van der Waals surface area (Å²) in [5.74, 6) is 3.05. The van der Waals surface area contributed by atoms with Crippen molar-refractivity contribution < 1.29 is 13.2 Å². The van der Waals surface area contributed by atoms with E-state index in [-0.39, 0.29) is 11.2 Å². The van der Waals surface area contributed by atoms with Crippen molar-refractivity contribution in [1.29, 1.82) is 0 Å². The van der Waals surface area contributed by atoms with E-state index in [1.807, 2.05) is 0 Å². The van der Waals surface area contributed by atoms with Crippen LogP contribution in [0.4, 0.5) is 0 Å². The molecule has 0 N–H and O–H groups in total. The Morgan fingerprint density at radius 3 is 1.92 bits per heavy atom. The van der Waals surface area contributed by atoms with E-state index >= 15 is 0 Å². The topological polar surface area (TPSA) is 57.7 Å². The minimum atomic E-state index is -2.91. The molecule has 4 saturated carbocycles. The number of sulfone groups is 1. The number of carbonyl (C=O) groups excluding carboxylic acids is 1. The van der Waals surface area contributed by atoms with E-state index in [0.717, 1.165) is 63.2 Å². The number of nitrogens with zero attached hydrogens (tertiary/aromatic N) is 2. The molecule has 6 heteroatoms. The third kappa shape index (κ3) is 3.24. The van der Waals surface area contributed by atoms with Crippen molar-refractivity contribution >= 4 is 15.7 Å². The highest BCUT2D eigenvalue weighted by molar-refractivity contribution is 7.90. The first-order valence-electron chi connectivity index (χ1n) is 9.52. The van der Waals surface area contributed by atoms with Crippen LogP contribution in [0.15, 0.2) is 0 Å². The molecule has 1 amide bonds. The minimum Gasteiger partial charge on any atom is -0.340 e. The molecular weight excluding hydrogens is 324 g/mol. The number of piperazine rings is 1. The molecule has 0 aromatic rings. The number of hydrogen-bond acceptors (Lipinski definition) is 4. The molecule has 0 unspecified atom stereocenters. The minimum absolute atomic E-state index is 0.0380. The zero-order valence-corrected chi connectivity index (χ0v) is 15.6. The third-order valence-electron chi connectivity index (χ3n) is 6.93. The van der Waals surface area contributed by atoms with Gasteiger partial charge in [0, 0.05) is 39.0 Å². The summed E-state index contributed by atoms with van der Waals surface area (Å²) in [7, 11) is -2.91. The van der Waals surface area contributed by atoms with Crippen LogP contribution < -0.4 is 0 Å². The summed E-state index contributed by atoms with van der Waals surface area (Å²) in [4.78, 5) is 17.6. The summed E-state index contributed by atoms with van der Waals surface area (Å²) in [5.41, 5.74) is -0.0380. The van der Waals surface area contributed by atoms with Gasteiger partial charge in [-0.05, 0) is 56.3 Å². The fraction of sp³-hybridized carbons (Fsp3) is 0.944. The van der Waals surface area contributed by atoms with Crippen molar-refractivity contribution in [2.45, 2.75) is 38.5 Å². The maximum Gasteiger partial charge on any atom is 0.228 e. The predicted molar refractivity (Wildman–Crippen MR) is 93.3 cm³/mol. The smallest absolute Gasteiger partial charge is 0.228 e. The molecule has 5 nitrogen and oxygen atoms in total. The SMILES string of the molecule is CS(=O)(=O)CCN1CCN(C(=O)C23CC4CC(CC(C4)C2)C3)CC1. The summed E-state index contributed by atoms with van der Waals surface area (Å²) in [6.45, 7) is 3.76. The molecule has 0 spiro atoms. The maximum absolute atomic E-state index is 13.3. The Morgan fingerprint density at radius 2 is 1.46 bits per heavy atom. The maximum atomic E-state index is 13.3. The molecule has 0 radical (unpaired) electrons. The van der Waals surface area contributed by atoms with Crippen LogP contribution in [0.2, 0.25) is 0 Å². The lowest BCUT2D eigenvalue weighted by atomic mass is 9.49. The Balaban J connectivity index is 1.35. The van der Waals surface area contributed by atoms with Gasteiger partial charge in [-0.3, -0.25) is 9.69 Å². The van der Waals surface area contributed by atoms with E-state index in [1.54, 1.807) is 0 Å². The molecule has 0 aromatic carbocycles. The van der Waals surface area contributed by atoms with Gasteiger partial charge < -0.3 is 4.90 Å². The molecule has 5 rings (SSSR count). The highest BCUT2D eigenvalue weighted by atomic mass is 32.2. The quantitative estimate of drug-likeness (QED) is 0.766. The van der Waals surface area contributed by atoms with Crippen molar-refractivity contribution in [3.63, 3.8) is 0 Å². The van der Waals surface area contributed by atoms with E-state index in [1.165, 1.54) is 25.5 Å². The largest absolute Gasteiger partial charge is 0.340 e. The van der Waals surface area contributed by atoms with Crippen molar-refractivity contribution in [3.05, 3.63) is 0 Å². The molecule has 0 aromatic heterocycles. The first kappa shape index (κ1) is 16.8. The third-order valence-corrected chi connectivity index (χ3v) is 7.85. The lowest BCUT2D eigenvalue weighted by Crippen LogP contribution is -2.58. The number of hydrogen-bond donors (Lipinski definition) is 0. The lowest BCUT2D eigenvalue weighted by Gasteiger charge is -2.57. The summed E-state index contributed by atoms with van der Waals surface area (Å²) in [5, 5.41) is 0. The first-order chi connectivity index (χ1) is 11.3. The van der Waals surface area contributed by atoms with Crippen LogP contribution in [0.3, 0.4) is 0 Å². The molecule has 5 aliphatic rings. The molecular formula is C18H30N2O3S. The van der Waals surface area contributed by atoms with Crippen LogP contribution >= 0.6 is 0 Å². The van der Waals surface area contributed by atoms with E-state index in [4.69, 9.17) is 0 Å². The average Bonchev–Trinajstić information content (AvgIpc) is 2.51. The first-order valence-corrected chi connectivity index (χ1v) is 11.6. The summed E-state index contributed by atoms with van der Waals surface area (Å²) in [6, 6.07) is 0. The Hall–Kier alpha value is -0.620. The van der Waals surface area contributed by atoms with E-state index in [0.29, 0.717) is 12.5 Å². The van der Waals surface area contributed by atoms with Crippen molar-refractivity contribution in [3.8, 4) is 0 Å². The second-order valence-electron chi connectivity index (χ2n) is 8.96. The highest BCUT2D eigenvalue weighted by Crippen LogP contribution is 2.60. The molecule has 4 bridgehead atoms. The van der Waals surface area contributed by atoms with Crippen LogP contribution in [0.1, 0.15) is 38.5 Å². The normalized spacial score (nSPS) is 39.4. The van der Waals surface area contributed by atoms with Gasteiger partial charge in [-0.15, -0.1) is 0 Å². The van der Waals surface area contributed by atoms with Crippen molar-refractivity contribution in [2.24, 2.45) is 23.2 Å². The zero-order valence-electron chi connectivity index (χ0n) is 14.7. The molecule has 1 heterocycles. The van der Waals surface area contributed by atoms with Crippen LogP contribution in [-0.2, 0) is 14.6 Å². The molecule has 1 aliphatic heterocycles. The van der Waals surface area contributed by atoms with Gasteiger partial charge in [0.15, 0.2) is 0 Å². The van der Waals surface area contributed by atoms with Crippen molar-refractivity contribution in [1.82, 2.24) is 9.80 Å². The molecule has 4 aliphatic carbocycles. The predicted octanol–water partition coefficient (Wildman–Crippen LogP) is 1.39. The van der Waals surface area contributed by atoms with Gasteiger partial charge in [0.1, 0.15) is 9.84 Å². The second kappa shape index (κ2) is 5.97. The van der Waals surface area contributed by atoms with Gasteiger partial charge in [-0.2, -0.15) is 0 Å². The summed E-state index contributed by atoms with van der Waals surface area (Å²) in [6.07, 6.45) is 8.79. The Bertz CT molecular complexity index is 572. The molecule has 0 atom stereocenters. The molecule has 1 saturated heterocycles. The van der Waals surface area contributed by atoms with Crippen molar-refractivity contribution in [2.75, 3.05) is 44.7 Å². The number of rotatable bonds is 4. The van der Waals surface area contributed by atoms with Gasteiger partial charge in [0.2, 0.25) is 5.91 Å². The van der Waals surface area contributed by atoms with Gasteiger partial charge in [0.25, 0.3) is 0 Å². The fourth-order valence-corrected chi connectivity index (χ4v) is 6.77. The van der Waals surface area contributed by atoms with Crippen LogP contribution in [0.25, 0.3) is 0 Å². The van der Waals surface area contributed by atoms with Crippen LogP contribution in [0.5, 0.6) is 0 Å². The van der Waals surface area contributed by atoms with Crippen LogP contribution in [-0.4, -0.2) is 68.9 Å². The van der Waals surface area contributed by atoms with Gasteiger partial charge in [-0.1, -0.05) is 0 Å².